The lowest BCUT2D eigenvalue weighted by atomic mass is 10.1. The smallest absolute Gasteiger partial charge is 0.315 e. The minimum atomic E-state index is -0.595. The van der Waals surface area contributed by atoms with Crippen LogP contribution in [0.1, 0.15) is 31.4 Å². The number of nitrogens with one attached hydrogen (secondary N) is 2. The molecule has 0 spiro atoms. The number of hydrogen-bond acceptors (Lipinski definition) is 3. The van der Waals surface area contributed by atoms with Gasteiger partial charge in [-0.3, -0.25) is 0 Å². The molecule has 114 valence electrons. The summed E-state index contributed by atoms with van der Waals surface area (Å²) in [4.78, 5) is 11.5. The average molecular weight is 293 g/mol. The maximum absolute atomic E-state index is 13.6. The summed E-state index contributed by atoms with van der Waals surface area (Å²) in [6.45, 7) is 4.14. The third-order valence-electron chi connectivity index (χ3n) is 2.86. The molecule has 0 aromatic heterocycles. The van der Waals surface area contributed by atoms with Crippen LogP contribution in [0.2, 0.25) is 0 Å². The Labute approximate surface area is 123 Å². The van der Waals surface area contributed by atoms with Crippen LogP contribution < -0.4 is 10.6 Å². The Bertz CT molecular complexity index is 526. The van der Waals surface area contributed by atoms with Gasteiger partial charge in [-0.1, -0.05) is 19.9 Å². The van der Waals surface area contributed by atoms with Gasteiger partial charge in [0.2, 0.25) is 0 Å². The van der Waals surface area contributed by atoms with E-state index in [1.54, 1.807) is 0 Å². The van der Waals surface area contributed by atoms with Crippen molar-refractivity contribution in [1.82, 2.24) is 10.6 Å². The highest BCUT2D eigenvalue weighted by Crippen LogP contribution is 2.09. The van der Waals surface area contributed by atoms with Crippen LogP contribution in [0.15, 0.2) is 18.2 Å². The van der Waals surface area contributed by atoms with Crippen molar-refractivity contribution in [3.63, 3.8) is 0 Å². The number of amides is 2. The van der Waals surface area contributed by atoms with Gasteiger partial charge in [0.05, 0.1) is 17.7 Å². The van der Waals surface area contributed by atoms with Gasteiger partial charge in [-0.15, -0.1) is 0 Å². The molecule has 0 saturated heterocycles. The van der Waals surface area contributed by atoms with Crippen LogP contribution in [0.4, 0.5) is 9.18 Å². The number of benzene rings is 1. The van der Waals surface area contributed by atoms with Gasteiger partial charge in [-0.2, -0.15) is 5.26 Å². The number of aliphatic hydroxyl groups is 1. The number of halogens is 1. The van der Waals surface area contributed by atoms with Crippen molar-refractivity contribution in [3.05, 3.63) is 35.1 Å². The Balaban J connectivity index is 2.38. The van der Waals surface area contributed by atoms with E-state index in [9.17, 15) is 14.3 Å². The highest BCUT2D eigenvalue weighted by molar-refractivity contribution is 5.73. The zero-order valence-corrected chi connectivity index (χ0v) is 12.2. The van der Waals surface area contributed by atoms with E-state index in [1.807, 2.05) is 19.9 Å². The van der Waals surface area contributed by atoms with Gasteiger partial charge in [-0.05, 0) is 24.5 Å². The summed E-state index contributed by atoms with van der Waals surface area (Å²) in [5.74, 6) is -0.188. The first kappa shape index (κ1) is 16.9. The third-order valence-corrected chi connectivity index (χ3v) is 2.86. The molecular weight excluding hydrogens is 273 g/mol. The van der Waals surface area contributed by atoms with Crippen LogP contribution in [0.5, 0.6) is 0 Å². The highest BCUT2D eigenvalue weighted by atomic mass is 19.1. The second kappa shape index (κ2) is 8.22. The maximum atomic E-state index is 13.6. The van der Waals surface area contributed by atoms with Crippen molar-refractivity contribution in [2.45, 2.75) is 32.9 Å². The number of nitrogens with zero attached hydrogens (tertiary/aromatic N) is 1. The standard InChI is InChI=1S/C15H20FN3O2/c1-10(2)5-13(20)9-19-15(21)18-8-12-4-3-11(7-17)6-14(12)16/h3-4,6,10,13,20H,5,8-9H2,1-2H3,(H2,18,19,21). The van der Waals surface area contributed by atoms with E-state index < -0.39 is 18.0 Å². The molecule has 6 heteroatoms. The first-order chi connectivity index (χ1) is 9.92. The number of rotatable bonds is 6. The molecule has 0 heterocycles. The van der Waals surface area contributed by atoms with Gasteiger partial charge in [0, 0.05) is 18.7 Å². The second-order valence-corrected chi connectivity index (χ2v) is 5.26. The van der Waals surface area contributed by atoms with Crippen LogP contribution in [0, 0.1) is 23.1 Å². The molecule has 0 aliphatic carbocycles. The number of nitriles is 1. The van der Waals surface area contributed by atoms with E-state index in [2.05, 4.69) is 10.6 Å². The molecule has 1 aromatic rings. The molecule has 1 atom stereocenters. The first-order valence-corrected chi connectivity index (χ1v) is 6.80. The van der Waals surface area contributed by atoms with Crippen molar-refractivity contribution in [2.75, 3.05) is 6.54 Å². The summed E-state index contributed by atoms with van der Waals surface area (Å²) in [6, 6.07) is 5.45. The fraction of sp³-hybridized carbons (Fsp3) is 0.467. The monoisotopic (exact) mass is 293 g/mol. The Morgan fingerprint density at radius 1 is 1.43 bits per heavy atom. The second-order valence-electron chi connectivity index (χ2n) is 5.26. The largest absolute Gasteiger partial charge is 0.391 e. The number of hydrogen-bond donors (Lipinski definition) is 3. The van der Waals surface area contributed by atoms with Crippen LogP contribution in [0.3, 0.4) is 0 Å². The number of carbonyl (C=O) groups is 1. The van der Waals surface area contributed by atoms with E-state index in [0.29, 0.717) is 17.9 Å². The number of carbonyl (C=O) groups excluding carboxylic acids is 1. The van der Waals surface area contributed by atoms with E-state index in [-0.39, 0.29) is 18.7 Å². The van der Waals surface area contributed by atoms with E-state index >= 15 is 0 Å². The molecule has 1 aromatic carbocycles. The molecule has 1 unspecified atom stereocenters. The van der Waals surface area contributed by atoms with Crippen molar-refractivity contribution in [2.24, 2.45) is 5.92 Å². The highest BCUT2D eigenvalue weighted by Gasteiger charge is 2.09. The maximum Gasteiger partial charge on any atom is 0.315 e. The third kappa shape index (κ3) is 6.23. The minimum absolute atomic E-state index is 0.0175. The molecule has 1 rings (SSSR count). The molecule has 0 saturated carbocycles. The lowest BCUT2D eigenvalue weighted by Gasteiger charge is -2.14. The predicted molar refractivity (Wildman–Crippen MR) is 76.8 cm³/mol. The number of urea groups is 1. The topological polar surface area (TPSA) is 85.2 Å². The molecule has 21 heavy (non-hydrogen) atoms. The number of aliphatic hydroxyl groups excluding tert-OH is 1. The minimum Gasteiger partial charge on any atom is -0.391 e. The van der Waals surface area contributed by atoms with Gasteiger partial charge in [-0.25, -0.2) is 9.18 Å². The Hall–Kier alpha value is -2.13. The quantitative estimate of drug-likeness (QED) is 0.749. The fourth-order valence-electron chi connectivity index (χ4n) is 1.84. The normalized spacial score (nSPS) is 11.8. The van der Waals surface area contributed by atoms with Crippen LogP contribution >= 0.6 is 0 Å². The van der Waals surface area contributed by atoms with E-state index in [4.69, 9.17) is 5.26 Å². The van der Waals surface area contributed by atoms with Gasteiger partial charge in [0.25, 0.3) is 0 Å². The molecule has 3 N–H and O–H groups in total. The Morgan fingerprint density at radius 3 is 2.71 bits per heavy atom. The lowest BCUT2D eigenvalue weighted by Crippen LogP contribution is -2.39. The molecule has 0 bridgehead atoms. The van der Waals surface area contributed by atoms with Crippen LogP contribution in [0.25, 0.3) is 0 Å². The van der Waals surface area contributed by atoms with Crippen LogP contribution in [-0.4, -0.2) is 23.8 Å². The summed E-state index contributed by atoms with van der Waals surface area (Å²) >= 11 is 0. The summed E-state index contributed by atoms with van der Waals surface area (Å²) in [7, 11) is 0. The Morgan fingerprint density at radius 2 is 2.14 bits per heavy atom. The predicted octanol–water partition coefficient (Wildman–Crippen LogP) is 1.90. The van der Waals surface area contributed by atoms with Gasteiger partial charge >= 0.3 is 6.03 Å². The van der Waals surface area contributed by atoms with E-state index in [1.165, 1.54) is 12.1 Å². The molecule has 0 fully saturated rings. The lowest BCUT2D eigenvalue weighted by molar-refractivity contribution is 0.147. The summed E-state index contributed by atoms with van der Waals surface area (Å²) in [5, 5.41) is 23.3. The summed E-state index contributed by atoms with van der Waals surface area (Å²) in [6.07, 6.45) is 0.00671. The van der Waals surface area contributed by atoms with Crippen molar-refractivity contribution < 1.29 is 14.3 Å². The summed E-state index contributed by atoms with van der Waals surface area (Å²) in [5.41, 5.74) is 0.532. The zero-order valence-electron chi connectivity index (χ0n) is 12.2. The van der Waals surface area contributed by atoms with Crippen molar-refractivity contribution in [1.29, 1.82) is 5.26 Å². The molecule has 2 amide bonds. The van der Waals surface area contributed by atoms with Crippen molar-refractivity contribution >= 4 is 6.03 Å². The average Bonchev–Trinajstić information content (AvgIpc) is 2.43. The molecule has 0 aliphatic heterocycles. The van der Waals surface area contributed by atoms with Gasteiger partial charge in [0.15, 0.2) is 0 Å². The fourth-order valence-corrected chi connectivity index (χ4v) is 1.84. The van der Waals surface area contributed by atoms with Gasteiger partial charge < -0.3 is 15.7 Å². The first-order valence-electron chi connectivity index (χ1n) is 6.80. The molecule has 0 aliphatic rings. The van der Waals surface area contributed by atoms with Crippen LogP contribution in [-0.2, 0) is 6.54 Å². The Kier molecular flexibility index (Phi) is 6.63. The van der Waals surface area contributed by atoms with Crippen molar-refractivity contribution in [3.8, 4) is 6.07 Å². The van der Waals surface area contributed by atoms with Gasteiger partial charge in [0.1, 0.15) is 5.82 Å². The zero-order chi connectivity index (χ0) is 15.8. The van der Waals surface area contributed by atoms with E-state index in [0.717, 1.165) is 6.07 Å². The summed E-state index contributed by atoms with van der Waals surface area (Å²) < 4.78 is 13.6. The molecule has 0 radical (unpaired) electrons. The SMILES string of the molecule is CC(C)CC(O)CNC(=O)NCc1ccc(C#N)cc1F. The molecule has 5 nitrogen and oxygen atoms in total. The molecular formula is C15H20FN3O2.